The normalized spacial score (nSPS) is 11.3. The van der Waals surface area contributed by atoms with Crippen molar-refractivity contribution in [3.05, 3.63) is 47.7 Å². The summed E-state index contributed by atoms with van der Waals surface area (Å²) in [5, 5.41) is 21.1. The molecule has 0 unspecified atom stereocenters. The molecule has 0 fully saturated rings. The first kappa shape index (κ1) is 14.1. The average molecular weight is 270 g/mol. The van der Waals surface area contributed by atoms with Gasteiger partial charge in [-0.25, -0.2) is 4.79 Å². The predicted octanol–water partition coefficient (Wildman–Crippen LogP) is 2.82. The van der Waals surface area contributed by atoms with Crippen LogP contribution in [-0.2, 0) is 5.41 Å². The molecule has 0 aliphatic heterocycles. The second kappa shape index (κ2) is 4.96. The van der Waals surface area contributed by atoms with Crippen LogP contribution in [0.4, 0.5) is 0 Å². The molecular formula is C16H16NO3-. The number of benzene rings is 1. The van der Waals surface area contributed by atoms with Gasteiger partial charge in [0.05, 0.1) is 11.3 Å². The Bertz CT molecular complexity index is 657. The number of hydrogen-bond acceptors (Lipinski definition) is 3. The maximum atomic E-state index is 11.9. The average Bonchev–Trinajstić information content (AvgIpc) is 2.38. The minimum atomic E-state index is -1.03. The van der Waals surface area contributed by atoms with Crippen molar-refractivity contribution < 1.29 is 15.0 Å². The number of rotatable bonds is 2. The maximum absolute atomic E-state index is 11.9. The molecule has 20 heavy (non-hydrogen) atoms. The molecule has 0 atom stereocenters. The highest BCUT2D eigenvalue weighted by molar-refractivity contribution is 5.94. The molecule has 0 aliphatic rings. The highest BCUT2D eigenvalue weighted by atomic mass is 16.4. The molecule has 1 N–H and O–H groups in total. The van der Waals surface area contributed by atoms with Crippen LogP contribution in [-0.4, -0.2) is 16.1 Å². The summed E-state index contributed by atoms with van der Waals surface area (Å²) in [4.78, 5) is 15.4. The molecule has 2 rings (SSSR count). The topological polar surface area (TPSA) is 73.2 Å². The van der Waals surface area contributed by atoms with Crippen LogP contribution in [0.25, 0.3) is 11.3 Å². The summed E-state index contributed by atoms with van der Waals surface area (Å²) in [6, 6.07) is 7.91. The van der Waals surface area contributed by atoms with Crippen LogP contribution >= 0.6 is 0 Å². The molecule has 4 nitrogen and oxygen atoms in total. The first-order valence-corrected chi connectivity index (χ1v) is 6.31. The Labute approximate surface area is 117 Å². The Kier molecular flexibility index (Phi) is 3.49. The van der Waals surface area contributed by atoms with Crippen LogP contribution in [0.3, 0.4) is 0 Å². The first-order valence-electron chi connectivity index (χ1n) is 6.31. The van der Waals surface area contributed by atoms with Crippen molar-refractivity contribution in [3.63, 3.8) is 0 Å². The summed E-state index contributed by atoms with van der Waals surface area (Å²) >= 11 is 0. The van der Waals surface area contributed by atoms with Crippen LogP contribution in [0.2, 0.25) is 0 Å². The third-order valence-electron chi connectivity index (χ3n) is 3.10. The number of carbonyl (C=O) groups is 1. The molecule has 0 spiro atoms. The number of aromatic nitrogens is 1. The summed E-state index contributed by atoms with van der Waals surface area (Å²) < 4.78 is 0. The summed E-state index contributed by atoms with van der Waals surface area (Å²) in [7, 11) is 0. The van der Waals surface area contributed by atoms with Gasteiger partial charge in [-0.1, -0.05) is 32.9 Å². The number of carboxylic acids is 1. The molecule has 1 aromatic carbocycles. The zero-order chi connectivity index (χ0) is 14.9. The fourth-order valence-corrected chi connectivity index (χ4v) is 2.07. The van der Waals surface area contributed by atoms with Crippen LogP contribution < -0.4 is 5.11 Å². The van der Waals surface area contributed by atoms with E-state index in [9.17, 15) is 15.0 Å². The first-order chi connectivity index (χ1) is 9.30. The van der Waals surface area contributed by atoms with Crippen molar-refractivity contribution in [3.8, 4) is 17.0 Å². The summed E-state index contributed by atoms with van der Waals surface area (Å²) in [6.45, 7) is 5.85. The van der Waals surface area contributed by atoms with Gasteiger partial charge in [-0.05, 0) is 29.2 Å². The van der Waals surface area contributed by atoms with Crippen molar-refractivity contribution in [1.82, 2.24) is 4.98 Å². The highest BCUT2D eigenvalue weighted by Gasteiger charge is 2.18. The predicted molar refractivity (Wildman–Crippen MR) is 74.8 cm³/mol. The van der Waals surface area contributed by atoms with E-state index in [1.807, 2.05) is 20.8 Å². The fourth-order valence-electron chi connectivity index (χ4n) is 2.07. The largest absolute Gasteiger partial charge is 0.872 e. The summed E-state index contributed by atoms with van der Waals surface area (Å²) in [5.41, 5.74) is 1.51. The van der Waals surface area contributed by atoms with Gasteiger partial charge in [0.15, 0.2) is 0 Å². The lowest BCUT2D eigenvalue weighted by molar-refractivity contribution is -0.270. The van der Waals surface area contributed by atoms with Crippen LogP contribution in [0.15, 0.2) is 36.5 Å². The van der Waals surface area contributed by atoms with Crippen LogP contribution in [0.1, 0.15) is 36.7 Å². The molecule has 2 aromatic rings. The minimum Gasteiger partial charge on any atom is -0.872 e. The molecule has 0 radical (unpaired) electrons. The Hall–Kier alpha value is -2.36. The molecule has 4 heteroatoms. The van der Waals surface area contributed by atoms with E-state index in [-0.39, 0.29) is 16.7 Å². The van der Waals surface area contributed by atoms with Gasteiger partial charge in [0.25, 0.3) is 0 Å². The Morgan fingerprint density at radius 3 is 2.55 bits per heavy atom. The van der Waals surface area contributed by atoms with Gasteiger partial charge in [-0.2, -0.15) is 0 Å². The Balaban J connectivity index is 2.63. The maximum Gasteiger partial charge on any atom is 0.337 e. The minimum absolute atomic E-state index is 0.0472. The van der Waals surface area contributed by atoms with Crippen LogP contribution in [0.5, 0.6) is 5.75 Å². The lowest BCUT2D eigenvalue weighted by Crippen LogP contribution is -2.14. The van der Waals surface area contributed by atoms with Gasteiger partial charge in [-0.15, -0.1) is 5.75 Å². The number of hydrogen-bond donors (Lipinski definition) is 1. The quantitative estimate of drug-likeness (QED) is 0.910. The van der Waals surface area contributed by atoms with E-state index in [2.05, 4.69) is 4.98 Å². The van der Waals surface area contributed by atoms with Crippen LogP contribution in [0, 0.1) is 0 Å². The molecule has 104 valence electrons. The van der Waals surface area contributed by atoms with Gasteiger partial charge in [0.2, 0.25) is 0 Å². The Morgan fingerprint density at radius 2 is 1.95 bits per heavy atom. The second-order valence-electron chi connectivity index (χ2n) is 5.67. The van der Waals surface area contributed by atoms with E-state index in [0.717, 1.165) is 0 Å². The van der Waals surface area contributed by atoms with Gasteiger partial charge in [-0.3, -0.25) is 4.98 Å². The van der Waals surface area contributed by atoms with Gasteiger partial charge < -0.3 is 10.2 Å². The standard InChI is InChI=1S/C16H17NO3/c1-16(2,3)12-9-10(6-7-13(12)18)14-11(15(19)20)5-4-8-17-14/h4-9,18H,1-3H3,(H,19,20)/p-1. The third kappa shape index (κ3) is 2.64. The molecule has 0 saturated carbocycles. The van der Waals surface area contributed by atoms with Crippen molar-refractivity contribution in [2.24, 2.45) is 0 Å². The molecule has 0 aliphatic carbocycles. The zero-order valence-electron chi connectivity index (χ0n) is 11.7. The number of aromatic carboxylic acids is 1. The fraction of sp³-hybridized carbons (Fsp3) is 0.250. The van der Waals surface area contributed by atoms with Crippen molar-refractivity contribution in [2.75, 3.05) is 0 Å². The van der Waals surface area contributed by atoms with E-state index in [0.29, 0.717) is 16.8 Å². The summed E-state index contributed by atoms with van der Waals surface area (Å²) in [6.07, 6.45) is 1.55. The SMILES string of the molecule is CC(C)(C)c1cc(-c2ncccc2C(=O)O)ccc1[O-]. The lowest BCUT2D eigenvalue weighted by atomic mass is 9.85. The van der Waals surface area contributed by atoms with Crippen molar-refractivity contribution in [2.45, 2.75) is 26.2 Å². The number of pyridine rings is 1. The zero-order valence-corrected chi connectivity index (χ0v) is 11.7. The molecule has 1 aromatic heterocycles. The second-order valence-corrected chi connectivity index (χ2v) is 5.67. The molecule has 0 saturated heterocycles. The van der Waals surface area contributed by atoms with Crippen molar-refractivity contribution >= 4 is 5.97 Å². The number of carboxylic acid groups (broad SMARTS) is 1. The lowest BCUT2D eigenvalue weighted by Gasteiger charge is -2.26. The monoisotopic (exact) mass is 270 g/mol. The van der Waals surface area contributed by atoms with Gasteiger partial charge in [0.1, 0.15) is 0 Å². The Morgan fingerprint density at radius 1 is 1.25 bits per heavy atom. The van der Waals surface area contributed by atoms with Gasteiger partial charge >= 0.3 is 5.97 Å². The van der Waals surface area contributed by atoms with E-state index in [1.54, 1.807) is 24.4 Å². The van der Waals surface area contributed by atoms with Gasteiger partial charge in [0, 0.05) is 11.8 Å². The van der Waals surface area contributed by atoms with E-state index >= 15 is 0 Å². The third-order valence-corrected chi connectivity index (χ3v) is 3.10. The molecule has 1 heterocycles. The highest BCUT2D eigenvalue weighted by Crippen LogP contribution is 2.33. The smallest absolute Gasteiger partial charge is 0.337 e. The molecular weight excluding hydrogens is 254 g/mol. The van der Waals surface area contributed by atoms with Crippen molar-refractivity contribution in [1.29, 1.82) is 0 Å². The molecule has 0 amide bonds. The summed E-state index contributed by atoms with van der Waals surface area (Å²) in [5.74, 6) is -1.08. The number of nitrogens with zero attached hydrogens (tertiary/aromatic N) is 1. The van der Waals surface area contributed by atoms with E-state index in [1.165, 1.54) is 12.1 Å². The molecule has 0 bridgehead atoms. The van der Waals surface area contributed by atoms with E-state index < -0.39 is 5.97 Å². The van der Waals surface area contributed by atoms with E-state index in [4.69, 9.17) is 0 Å².